The molecule has 1 N–H and O–H groups in total. The van der Waals surface area contributed by atoms with Gasteiger partial charge in [0.25, 0.3) is 10.0 Å². The number of halogens is 1. The van der Waals surface area contributed by atoms with E-state index >= 15 is 0 Å². The van der Waals surface area contributed by atoms with E-state index in [-0.39, 0.29) is 21.7 Å². The van der Waals surface area contributed by atoms with Crippen molar-refractivity contribution in [2.45, 2.75) is 11.8 Å². The first kappa shape index (κ1) is 16.0. The molecule has 0 amide bonds. The fourth-order valence-electron chi connectivity index (χ4n) is 1.95. The zero-order valence-corrected chi connectivity index (χ0v) is 12.8. The highest BCUT2D eigenvalue weighted by molar-refractivity contribution is 7.92. The Balaban J connectivity index is 2.35. The van der Waals surface area contributed by atoms with Gasteiger partial charge in [-0.2, -0.15) is 0 Å². The van der Waals surface area contributed by atoms with Crippen molar-refractivity contribution in [1.82, 2.24) is 0 Å². The molecule has 2 rings (SSSR count). The molecule has 0 spiro atoms. The molecule has 0 bridgehead atoms. The second-order valence-electron chi connectivity index (χ2n) is 4.59. The average Bonchev–Trinajstić information content (AvgIpc) is 2.45. The molecule has 0 saturated carbocycles. The highest BCUT2D eigenvalue weighted by atomic mass is 32.2. The number of anilines is 1. The highest BCUT2D eigenvalue weighted by Crippen LogP contribution is 2.21. The summed E-state index contributed by atoms with van der Waals surface area (Å²) in [4.78, 5) is 11.4. The Labute approximate surface area is 127 Å². The van der Waals surface area contributed by atoms with Crippen molar-refractivity contribution in [1.29, 1.82) is 0 Å². The first-order chi connectivity index (χ1) is 10.3. The summed E-state index contributed by atoms with van der Waals surface area (Å²) in [6.07, 6.45) is 0. The summed E-state index contributed by atoms with van der Waals surface area (Å²) < 4.78 is 44.7. The maximum atomic E-state index is 13.1. The maximum Gasteiger partial charge on any atom is 0.337 e. The maximum absolute atomic E-state index is 13.1. The molecule has 0 radical (unpaired) electrons. The van der Waals surface area contributed by atoms with Crippen LogP contribution in [0.2, 0.25) is 0 Å². The molecule has 0 aliphatic carbocycles. The van der Waals surface area contributed by atoms with Gasteiger partial charge < -0.3 is 4.74 Å². The van der Waals surface area contributed by atoms with E-state index in [1.54, 1.807) is 0 Å². The number of ether oxygens (including phenoxy) is 1. The SMILES string of the molecule is COC(=O)c1cccc(NS(=O)(=O)c2ccc(F)cc2C)c1. The van der Waals surface area contributed by atoms with Crippen molar-refractivity contribution >= 4 is 21.7 Å². The fraction of sp³-hybridized carbons (Fsp3) is 0.133. The summed E-state index contributed by atoms with van der Waals surface area (Å²) in [5.41, 5.74) is 0.724. The normalized spacial score (nSPS) is 11.0. The van der Waals surface area contributed by atoms with E-state index in [1.165, 1.54) is 44.4 Å². The number of sulfonamides is 1. The predicted octanol–water partition coefficient (Wildman–Crippen LogP) is 2.72. The van der Waals surface area contributed by atoms with E-state index in [9.17, 15) is 17.6 Å². The first-order valence-electron chi connectivity index (χ1n) is 6.31. The van der Waals surface area contributed by atoms with Gasteiger partial charge in [-0.1, -0.05) is 6.07 Å². The Morgan fingerprint density at radius 3 is 2.55 bits per heavy atom. The van der Waals surface area contributed by atoms with Crippen LogP contribution in [0, 0.1) is 12.7 Å². The molecule has 2 aromatic carbocycles. The summed E-state index contributed by atoms with van der Waals surface area (Å²) in [6, 6.07) is 9.31. The quantitative estimate of drug-likeness (QED) is 0.878. The minimum Gasteiger partial charge on any atom is -0.465 e. The molecule has 0 atom stereocenters. The minimum atomic E-state index is -3.88. The standard InChI is InChI=1S/C15H14FNO4S/c1-10-8-12(16)6-7-14(10)22(19,20)17-13-5-3-4-11(9-13)15(18)21-2/h3-9,17H,1-2H3. The number of hydrogen-bond acceptors (Lipinski definition) is 4. The molecule has 2 aromatic rings. The van der Waals surface area contributed by atoms with Crippen LogP contribution in [0.1, 0.15) is 15.9 Å². The summed E-state index contributed by atoms with van der Waals surface area (Å²) >= 11 is 0. The van der Waals surface area contributed by atoms with Crippen molar-refractivity contribution in [2.24, 2.45) is 0 Å². The highest BCUT2D eigenvalue weighted by Gasteiger charge is 2.18. The van der Waals surface area contributed by atoms with Crippen molar-refractivity contribution < 1.29 is 22.3 Å². The molecule has 0 unspecified atom stereocenters. The number of esters is 1. The Morgan fingerprint density at radius 2 is 1.91 bits per heavy atom. The number of carbonyl (C=O) groups excluding carboxylic acids is 1. The molecule has 116 valence electrons. The van der Waals surface area contributed by atoms with Gasteiger partial charge in [-0.3, -0.25) is 4.72 Å². The lowest BCUT2D eigenvalue weighted by Crippen LogP contribution is -2.15. The van der Waals surface area contributed by atoms with Crippen molar-refractivity contribution in [2.75, 3.05) is 11.8 Å². The smallest absolute Gasteiger partial charge is 0.337 e. The first-order valence-corrected chi connectivity index (χ1v) is 7.79. The number of benzene rings is 2. The van der Waals surface area contributed by atoms with Gasteiger partial charge in [0, 0.05) is 5.69 Å². The molecule has 0 aliphatic heterocycles. The second-order valence-corrected chi connectivity index (χ2v) is 6.24. The summed E-state index contributed by atoms with van der Waals surface area (Å²) in [5.74, 6) is -1.08. The zero-order valence-electron chi connectivity index (χ0n) is 12.0. The molecule has 0 aromatic heterocycles. The van der Waals surface area contributed by atoms with Crippen molar-refractivity contribution in [3.05, 3.63) is 59.4 Å². The van der Waals surface area contributed by atoms with Crippen molar-refractivity contribution in [3.8, 4) is 0 Å². The van der Waals surface area contributed by atoms with Crippen LogP contribution in [0.5, 0.6) is 0 Å². The van der Waals surface area contributed by atoms with Crippen molar-refractivity contribution in [3.63, 3.8) is 0 Å². The van der Waals surface area contributed by atoms with Crippen LogP contribution in [0.3, 0.4) is 0 Å². The third-order valence-electron chi connectivity index (χ3n) is 2.96. The fourth-order valence-corrected chi connectivity index (χ4v) is 3.23. The van der Waals surface area contributed by atoms with Crippen LogP contribution in [0.4, 0.5) is 10.1 Å². The van der Waals surface area contributed by atoms with E-state index in [0.29, 0.717) is 0 Å². The number of rotatable bonds is 4. The molecule has 0 aliphatic rings. The molecule has 7 heteroatoms. The van der Waals surface area contributed by atoms with Gasteiger partial charge in [-0.05, 0) is 48.9 Å². The van der Waals surface area contributed by atoms with Crippen LogP contribution >= 0.6 is 0 Å². The van der Waals surface area contributed by atoms with Crippen LogP contribution in [-0.2, 0) is 14.8 Å². The molecular formula is C15H14FNO4S. The monoisotopic (exact) mass is 323 g/mol. The van der Waals surface area contributed by atoms with E-state index < -0.39 is 21.8 Å². The van der Waals surface area contributed by atoms with Gasteiger partial charge in [0.2, 0.25) is 0 Å². The molecular weight excluding hydrogens is 309 g/mol. The lowest BCUT2D eigenvalue weighted by molar-refractivity contribution is 0.0601. The van der Waals surface area contributed by atoms with E-state index in [2.05, 4.69) is 9.46 Å². The Kier molecular flexibility index (Phi) is 4.46. The molecule has 5 nitrogen and oxygen atoms in total. The number of nitrogens with one attached hydrogen (secondary N) is 1. The number of aryl methyl sites for hydroxylation is 1. The summed E-state index contributed by atoms with van der Waals surface area (Å²) in [5, 5.41) is 0. The topological polar surface area (TPSA) is 72.5 Å². The van der Waals surface area contributed by atoms with Gasteiger partial charge in [0.05, 0.1) is 17.6 Å². The molecule has 0 saturated heterocycles. The lowest BCUT2D eigenvalue weighted by Gasteiger charge is -2.11. The predicted molar refractivity (Wildman–Crippen MR) is 79.7 cm³/mol. The van der Waals surface area contributed by atoms with Crippen LogP contribution in [-0.4, -0.2) is 21.5 Å². The van der Waals surface area contributed by atoms with Crippen LogP contribution in [0.25, 0.3) is 0 Å². The minimum absolute atomic E-state index is 0.0302. The Morgan fingerprint density at radius 1 is 1.18 bits per heavy atom. The Bertz CT molecular complexity index is 818. The third-order valence-corrected chi connectivity index (χ3v) is 4.50. The van der Waals surface area contributed by atoms with E-state index in [0.717, 1.165) is 12.1 Å². The van der Waals surface area contributed by atoms with E-state index in [4.69, 9.17) is 0 Å². The van der Waals surface area contributed by atoms with Gasteiger partial charge in [-0.15, -0.1) is 0 Å². The Hall–Kier alpha value is -2.41. The number of methoxy groups -OCH3 is 1. The van der Waals surface area contributed by atoms with E-state index in [1.807, 2.05) is 0 Å². The zero-order chi connectivity index (χ0) is 16.3. The molecule has 0 heterocycles. The third kappa shape index (κ3) is 3.43. The summed E-state index contributed by atoms with van der Waals surface area (Å²) in [7, 11) is -2.64. The second kappa shape index (κ2) is 6.15. The molecule has 0 fully saturated rings. The van der Waals surface area contributed by atoms with Gasteiger partial charge in [0.1, 0.15) is 5.82 Å². The van der Waals surface area contributed by atoms with Crippen LogP contribution in [0.15, 0.2) is 47.4 Å². The average molecular weight is 323 g/mol. The van der Waals surface area contributed by atoms with Crippen LogP contribution < -0.4 is 4.72 Å². The van der Waals surface area contributed by atoms with Gasteiger partial charge >= 0.3 is 5.97 Å². The number of hydrogen-bond donors (Lipinski definition) is 1. The van der Waals surface area contributed by atoms with Gasteiger partial charge in [-0.25, -0.2) is 17.6 Å². The number of carbonyl (C=O) groups is 1. The molecule has 22 heavy (non-hydrogen) atoms. The lowest BCUT2D eigenvalue weighted by atomic mass is 10.2. The van der Waals surface area contributed by atoms with Gasteiger partial charge in [0.15, 0.2) is 0 Å². The largest absolute Gasteiger partial charge is 0.465 e. The summed E-state index contributed by atoms with van der Waals surface area (Å²) in [6.45, 7) is 1.50.